The number of nitrogens with one attached hydrogen (secondary N) is 2. The van der Waals surface area contributed by atoms with Crippen molar-refractivity contribution < 1.29 is 0 Å². The van der Waals surface area contributed by atoms with Crippen LogP contribution in [-0.4, -0.2) is 11.5 Å². The number of aromatic nitrogens is 1. The molecule has 4 heteroatoms. The predicted molar refractivity (Wildman–Crippen MR) is 97.1 cm³/mol. The molecule has 1 saturated carbocycles. The molecular weight excluding hydrogens is 290 g/mol. The van der Waals surface area contributed by atoms with Crippen molar-refractivity contribution in [3.05, 3.63) is 42.7 Å². The van der Waals surface area contributed by atoms with Gasteiger partial charge in [0.15, 0.2) is 5.13 Å². The fourth-order valence-electron chi connectivity index (χ4n) is 2.90. The Hall–Kier alpha value is -1.81. The van der Waals surface area contributed by atoms with E-state index >= 15 is 0 Å². The predicted octanol–water partition coefficient (Wildman–Crippen LogP) is 4.99. The first-order valence-corrected chi connectivity index (χ1v) is 8.70. The quantitative estimate of drug-likeness (QED) is 0.788. The third kappa shape index (κ3) is 3.50. The zero-order chi connectivity index (χ0) is 15.5. The first-order valence-electron chi connectivity index (χ1n) is 7.88. The molecule has 3 rings (SSSR count). The van der Waals surface area contributed by atoms with Gasteiger partial charge in [-0.1, -0.05) is 49.0 Å². The minimum absolute atomic E-state index is 0.798. The van der Waals surface area contributed by atoms with Crippen molar-refractivity contribution in [1.29, 1.82) is 0 Å². The summed E-state index contributed by atoms with van der Waals surface area (Å²) in [4.78, 5) is 4.61. The first-order chi connectivity index (χ1) is 10.6. The maximum atomic E-state index is 4.61. The van der Waals surface area contributed by atoms with E-state index in [0.29, 0.717) is 0 Å². The monoisotopic (exact) mass is 313 g/mol. The highest BCUT2D eigenvalue weighted by molar-refractivity contribution is 7.22. The lowest BCUT2D eigenvalue weighted by Crippen LogP contribution is -2.24. The number of nitrogens with zero attached hydrogens (tertiary/aromatic N) is 1. The Kier molecular flexibility index (Phi) is 4.48. The molecule has 116 valence electrons. The van der Waals surface area contributed by atoms with E-state index in [1.54, 1.807) is 11.3 Å². The zero-order valence-electron chi connectivity index (χ0n) is 13.1. The molecule has 0 radical (unpaired) electrons. The SMILES string of the molecule is C=C(NCC1CCCC1)Nc1nc2ccc(C(=C)C)cc2s1. The van der Waals surface area contributed by atoms with Crippen LogP contribution in [0.1, 0.15) is 38.2 Å². The van der Waals surface area contributed by atoms with Gasteiger partial charge in [0.2, 0.25) is 0 Å². The number of allylic oxidation sites excluding steroid dienone is 1. The summed E-state index contributed by atoms with van der Waals surface area (Å²) in [5.74, 6) is 1.64. The Labute approximate surface area is 136 Å². The van der Waals surface area contributed by atoms with Gasteiger partial charge in [-0.05, 0) is 43.4 Å². The summed E-state index contributed by atoms with van der Waals surface area (Å²) in [6.07, 6.45) is 5.42. The van der Waals surface area contributed by atoms with Crippen molar-refractivity contribution in [1.82, 2.24) is 10.3 Å². The van der Waals surface area contributed by atoms with Crippen molar-refractivity contribution in [2.24, 2.45) is 5.92 Å². The smallest absolute Gasteiger partial charge is 0.189 e. The third-order valence-corrected chi connectivity index (χ3v) is 5.15. The number of anilines is 1. The minimum atomic E-state index is 0.798. The molecule has 0 unspecified atom stereocenters. The van der Waals surface area contributed by atoms with E-state index in [9.17, 15) is 0 Å². The highest BCUT2D eigenvalue weighted by Gasteiger charge is 2.14. The molecule has 2 N–H and O–H groups in total. The summed E-state index contributed by atoms with van der Waals surface area (Å²) in [7, 11) is 0. The van der Waals surface area contributed by atoms with E-state index in [-0.39, 0.29) is 0 Å². The Morgan fingerprint density at radius 2 is 2.09 bits per heavy atom. The minimum Gasteiger partial charge on any atom is -0.372 e. The second-order valence-electron chi connectivity index (χ2n) is 6.12. The maximum absolute atomic E-state index is 4.61. The lowest BCUT2D eigenvalue weighted by Gasteiger charge is -2.13. The van der Waals surface area contributed by atoms with Crippen molar-refractivity contribution in [3.63, 3.8) is 0 Å². The number of hydrogen-bond acceptors (Lipinski definition) is 4. The van der Waals surface area contributed by atoms with Crippen LogP contribution in [0.5, 0.6) is 0 Å². The number of rotatable bonds is 6. The lowest BCUT2D eigenvalue weighted by atomic mass is 10.1. The van der Waals surface area contributed by atoms with Gasteiger partial charge in [-0.2, -0.15) is 0 Å². The number of thiazole rings is 1. The van der Waals surface area contributed by atoms with Crippen LogP contribution < -0.4 is 10.6 Å². The average molecular weight is 313 g/mol. The van der Waals surface area contributed by atoms with Crippen LogP contribution in [-0.2, 0) is 0 Å². The Morgan fingerprint density at radius 3 is 2.82 bits per heavy atom. The van der Waals surface area contributed by atoms with Crippen LogP contribution in [0, 0.1) is 5.92 Å². The standard InChI is InChI=1S/C18H23N3S/c1-12(2)15-8-9-16-17(10-15)22-18(21-16)20-13(3)19-11-14-6-4-5-7-14/h8-10,14,19H,1,3-7,11H2,2H3,(H,20,21). The molecule has 0 bridgehead atoms. The van der Waals surface area contributed by atoms with Gasteiger partial charge in [0.25, 0.3) is 0 Å². The van der Waals surface area contributed by atoms with Gasteiger partial charge in [0.05, 0.1) is 16.0 Å². The molecule has 1 aliphatic carbocycles. The van der Waals surface area contributed by atoms with E-state index in [0.717, 1.165) is 34.5 Å². The van der Waals surface area contributed by atoms with Gasteiger partial charge < -0.3 is 10.6 Å². The van der Waals surface area contributed by atoms with E-state index in [1.165, 1.54) is 35.9 Å². The highest BCUT2D eigenvalue weighted by atomic mass is 32.1. The molecule has 1 aliphatic rings. The van der Waals surface area contributed by atoms with Crippen LogP contribution in [0.2, 0.25) is 0 Å². The summed E-state index contributed by atoms with van der Waals surface area (Å²) < 4.78 is 1.17. The van der Waals surface area contributed by atoms with Gasteiger partial charge in [0, 0.05) is 6.54 Å². The molecule has 1 aromatic carbocycles. The molecule has 0 spiro atoms. The Balaban J connectivity index is 1.63. The molecular formula is C18H23N3S. The van der Waals surface area contributed by atoms with Crippen LogP contribution >= 0.6 is 11.3 Å². The van der Waals surface area contributed by atoms with Gasteiger partial charge in [-0.25, -0.2) is 4.98 Å². The van der Waals surface area contributed by atoms with Crippen LogP contribution in [0.15, 0.2) is 37.2 Å². The van der Waals surface area contributed by atoms with Crippen LogP contribution in [0.25, 0.3) is 15.8 Å². The van der Waals surface area contributed by atoms with E-state index in [2.05, 4.69) is 47.0 Å². The molecule has 1 fully saturated rings. The molecule has 22 heavy (non-hydrogen) atoms. The van der Waals surface area contributed by atoms with Crippen molar-refractivity contribution in [2.75, 3.05) is 11.9 Å². The second-order valence-corrected chi connectivity index (χ2v) is 7.15. The summed E-state index contributed by atoms with van der Waals surface area (Å²) in [5, 5.41) is 7.56. The summed E-state index contributed by atoms with van der Waals surface area (Å²) in [6.45, 7) is 11.1. The molecule has 3 nitrogen and oxygen atoms in total. The van der Waals surface area contributed by atoms with Crippen LogP contribution in [0.3, 0.4) is 0 Å². The number of benzene rings is 1. The van der Waals surface area contributed by atoms with Crippen molar-refractivity contribution in [2.45, 2.75) is 32.6 Å². The molecule has 0 saturated heterocycles. The topological polar surface area (TPSA) is 37.0 Å². The average Bonchev–Trinajstić information content (AvgIpc) is 3.13. The first kappa shape index (κ1) is 15.1. The summed E-state index contributed by atoms with van der Waals surface area (Å²) in [6, 6.07) is 6.27. The largest absolute Gasteiger partial charge is 0.372 e. The van der Waals surface area contributed by atoms with Gasteiger partial charge in [-0.3, -0.25) is 0 Å². The van der Waals surface area contributed by atoms with Gasteiger partial charge in [0.1, 0.15) is 0 Å². The second kappa shape index (κ2) is 6.53. The summed E-state index contributed by atoms with van der Waals surface area (Å²) >= 11 is 1.65. The zero-order valence-corrected chi connectivity index (χ0v) is 13.9. The third-order valence-electron chi connectivity index (χ3n) is 4.22. The maximum Gasteiger partial charge on any atom is 0.189 e. The number of fused-ring (bicyclic) bond motifs is 1. The van der Waals surface area contributed by atoms with E-state index < -0.39 is 0 Å². The van der Waals surface area contributed by atoms with Gasteiger partial charge in [-0.15, -0.1) is 0 Å². The molecule has 0 amide bonds. The van der Waals surface area contributed by atoms with Crippen LogP contribution in [0.4, 0.5) is 5.13 Å². The Bertz CT molecular complexity index is 695. The fraction of sp³-hybridized carbons (Fsp3) is 0.389. The Morgan fingerprint density at radius 1 is 1.32 bits per heavy atom. The van der Waals surface area contributed by atoms with Crippen molar-refractivity contribution in [3.8, 4) is 0 Å². The fourth-order valence-corrected chi connectivity index (χ4v) is 3.83. The molecule has 0 aliphatic heterocycles. The molecule has 1 aromatic heterocycles. The van der Waals surface area contributed by atoms with Crippen molar-refractivity contribution >= 4 is 32.3 Å². The highest BCUT2D eigenvalue weighted by Crippen LogP contribution is 2.29. The molecule has 2 aromatic rings. The van der Waals surface area contributed by atoms with E-state index in [1.807, 2.05) is 6.92 Å². The van der Waals surface area contributed by atoms with E-state index in [4.69, 9.17) is 0 Å². The normalized spacial score (nSPS) is 15.1. The summed E-state index contributed by atoms with van der Waals surface area (Å²) in [5.41, 5.74) is 3.26. The molecule has 1 heterocycles. The lowest BCUT2D eigenvalue weighted by molar-refractivity contribution is 0.519. The number of hydrogen-bond donors (Lipinski definition) is 2. The van der Waals surface area contributed by atoms with Gasteiger partial charge >= 0.3 is 0 Å². The molecule has 0 atom stereocenters.